The Bertz CT molecular complexity index is 450. The van der Waals surface area contributed by atoms with Crippen LogP contribution in [0.2, 0.25) is 0 Å². The van der Waals surface area contributed by atoms with Gasteiger partial charge in [0, 0.05) is 0 Å². The van der Waals surface area contributed by atoms with Crippen LogP contribution in [-0.2, 0) is 6.42 Å². The van der Waals surface area contributed by atoms with Crippen molar-refractivity contribution in [1.82, 2.24) is 0 Å². The average Bonchev–Trinajstić information content (AvgIpc) is 2.56. The van der Waals surface area contributed by atoms with E-state index in [0.29, 0.717) is 0 Å². The van der Waals surface area contributed by atoms with E-state index >= 15 is 0 Å². The van der Waals surface area contributed by atoms with Crippen molar-refractivity contribution in [3.05, 3.63) is 53.1 Å². The fourth-order valence-electron chi connectivity index (χ4n) is 1.99. The number of rotatable bonds is 0. The Hall–Kier alpha value is -0.887. The first-order valence-electron chi connectivity index (χ1n) is 4.53. The van der Waals surface area contributed by atoms with E-state index in [4.69, 9.17) is 0 Å². The first-order valence-corrected chi connectivity index (χ1v) is 6.79. The summed E-state index contributed by atoms with van der Waals surface area (Å²) < 4.78 is 1.66. The summed E-state index contributed by atoms with van der Waals surface area (Å²) in [5.41, 5.74) is 4.62. The van der Waals surface area contributed by atoms with E-state index in [1.807, 2.05) is 0 Å². The van der Waals surface area contributed by atoms with E-state index in [2.05, 4.69) is 41.3 Å². The Morgan fingerprint density at radius 2 is 2.08 bits per heavy atom. The molecule has 0 N–H and O–H groups in total. The Morgan fingerprint density at radius 3 is 3.08 bits per heavy atom. The predicted octanol–water partition coefficient (Wildman–Crippen LogP) is 2.03. The molecule has 2 aliphatic rings. The minimum absolute atomic E-state index is 0.0184. The van der Waals surface area contributed by atoms with Gasteiger partial charge in [0.05, 0.1) is 0 Å². The molecule has 0 fully saturated rings. The predicted molar refractivity (Wildman–Crippen MR) is 58.0 cm³/mol. The van der Waals surface area contributed by atoms with Crippen LogP contribution in [0.4, 0.5) is 0 Å². The normalized spacial score (nSPS) is 17.5. The van der Waals surface area contributed by atoms with Crippen LogP contribution in [-0.4, -0.2) is 19.8 Å². The second kappa shape index (κ2) is 2.81. The molecular weight excluding hydrogens is 217 g/mol. The van der Waals surface area contributed by atoms with Gasteiger partial charge in [-0.3, -0.25) is 0 Å². The van der Waals surface area contributed by atoms with Crippen molar-refractivity contribution < 1.29 is 0 Å². The molecule has 1 aliphatic heterocycles. The zero-order valence-corrected chi connectivity index (χ0v) is 9.35. The minimum atomic E-state index is 0.0184. The molecule has 1 radical (unpaired) electrons. The molecule has 1 heterocycles. The summed E-state index contributed by atoms with van der Waals surface area (Å²) in [6.07, 6.45) is 5.67. The van der Waals surface area contributed by atoms with Gasteiger partial charge in [0.25, 0.3) is 0 Å². The summed E-state index contributed by atoms with van der Waals surface area (Å²) in [7, 11) is 0. The van der Waals surface area contributed by atoms with E-state index in [-0.39, 0.29) is 15.0 Å². The first-order chi connectivity index (χ1) is 6.45. The second-order valence-electron chi connectivity index (χ2n) is 3.40. The van der Waals surface area contributed by atoms with Crippen LogP contribution < -0.4 is 0 Å². The number of hydrogen-bond donors (Lipinski definition) is 0. The van der Waals surface area contributed by atoms with Gasteiger partial charge in [-0.05, 0) is 0 Å². The van der Waals surface area contributed by atoms with Crippen LogP contribution in [0.1, 0.15) is 11.1 Å². The molecule has 1 aromatic carbocycles. The van der Waals surface area contributed by atoms with Crippen LogP contribution in [0.5, 0.6) is 0 Å². The monoisotopic (exact) mass is 227 g/mol. The van der Waals surface area contributed by atoms with Crippen molar-refractivity contribution in [2.45, 2.75) is 6.42 Å². The Balaban J connectivity index is 2.24. The summed E-state index contributed by atoms with van der Waals surface area (Å²) in [6, 6.07) is 8.83. The number of benzene rings is 1. The molecule has 0 aromatic heterocycles. The quantitative estimate of drug-likeness (QED) is 0.593. The maximum absolute atomic E-state index is 2.36. The molecule has 3 rings (SSSR count). The zero-order valence-electron chi connectivity index (χ0n) is 7.25. The fraction of sp³-hybridized carbons (Fsp3) is 0.0833. The standard InChI is InChI=1S/C12H9Ge/c1-2-6-11-9(4-1)8-10-5-3-7-13-12(10)11/h1-7H,8H2. The second-order valence-corrected chi connectivity index (χ2v) is 5.76. The Kier molecular flexibility index (Phi) is 1.62. The molecule has 1 aromatic rings. The van der Waals surface area contributed by atoms with Crippen molar-refractivity contribution in [1.29, 1.82) is 0 Å². The van der Waals surface area contributed by atoms with E-state index in [0.717, 1.165) is 0 Å². The topological polar surface area (TPSA) is 0 Å². The van der Waals surface area contributed by atoms with Crippen LogP contribution >= 0.6 is 0 Å². The number of fused-ring (bicyclic) bond motifs is 2. The molecule has 0 saturated heterocycles. The number of allylic oxidation sites excluding steroid dienone is 3. The zero-order chi connectivity index (χ0) is 8.67. The third-order valence-corrected chi connectivity index (χ3v) is 5.21. The summed E-state index contributed by atoms with van der Waals surface area (Å²) in [5, 5.41) is 0. The third kappa shape index (κ3) is 1.09. The summed E-state index contributed by atoms with van der Waals surface area (Å²) >= 11 is 0.0184. The van der Waals surface area contributed by atoms with E-state index in [9.17, 15) is 0 Å². The van der Waals surface area contributed by atoms with E-state index < -0.39 is 0 Å². The summed E-state index contributed by atoms with van der Waals surface area (Å²) in [6.45, 7) is 0. The van der Waals surface area contributed by atoms with Crippen molar-refractivity contribution in [2.24, 2.45) is 0 Å². The molecule has 0 amide bonds. The Morgan fingerprint density at radius 1 is 1.15 bits per heavy atom. The van der Waals surface area contributed by atoms with Crippen LogP contribution in [0, 0.1) is 0 Å². The molecule has 0 bridgehead atoms. The van der Waals surface area contributed by atoms with Crippen molar-refractivity contribution in [2.75, 3.05) is 0 Å². The molecule has 61 valence electrons. The molecule has 13 heavy (non-hydrogen) atoms. The van der Waals surface area contributed by atoms with Crippen molar-refractivity contribution in [3.63, 3.8) is 0 Å². The van der Waals surface area contributed by atoms with Gasteiger partial charge in [-0.25, -0.2) is 0 Å². The fourth-order valence-corrected chi connectivity index (χ4v) is 4.33. The van der Waals surface area contributed by atoms with Crippen molar-refractivity contribution >= 4 is 24.2 Å². The molecule has 1 aliphatic carbocycles. The maximum atomic E-state index is 2.36. The summed E-state index contributed by atoms with van der Waals surface area (Å²) in [4.78, 5) is 2.36. The van der Waals surface area contributed by atoms with Gasteiger partial charge >= 0.3 is 83.8 Å². The Labute approximate surface area is 84.0 Å². The molecule has 0 spiro atoms. The molecule has 0 nitrogen and oxygen atoms in total. The first kappa shape index (κ1) is 7.51. The molecule has 1 heteroatoms. The van der Waals surface area contributed by atoms with Gasteiger partial charge in [-0.2, -0.15) is 0 Å². The van der Waals surface area contributed by atoms with Gasteiger partial charge in [0.1, 0.15) is 0 Å². The van der Waals surface area contributed by atoms with Crippen LogP contribution in [0.25, 0.3) is 4.41 Å². The van der Waals surface area contributed by atoms with Gasteiger partial charge < -0.3 is 0 Å². The van der Waals surface area contributed by atoms with E-state index in [1.54, 1.807) is 9.98 Å². The molecular formula is C12H9Ge. The summed E-state index contributed by atoms with van der Waals surface area (Å²) in [5.74, 6) is 0. The van der Waals surface area contributed by atoms with Gasteiger partial charge in [-0.15, -0.1) is 0 Å². The van der Waals surface area contributed by atoms with Gasteiger partial charge in [0.15, 0.2) is 0 Å². The number of hydrogen-bond acceptors (Lipinski definition) is 0. The average molecular weight is 226 g/mol. The molecule has 0 atom stereocenters. The van der Waals surface area contributed by atoms with Crippen molar-refractivity contribution in [3.8, 4) is 0 Å². The molecule has 0 saturated carbocycles. The van der Waals surface area contributed by atoms with Crippen LogP contribution in [0.15, 0.2) is 42.0 Å². The van der Waals surface area contributed by atoms with Crippen LogP contribution in [0.3, 0.4) is 0 Å². The SMILES string of the molecule is C1=CC2=[C]([Ge]=[CH]1)c1ccccc1C2. The van der Waals surface area contributed by atoms with Gasteiger partial charge in [0.2, 0.25) is 0 Å². The van der Waals surface area contributed by atoms with E-state index in [1.165, 1.54) is 17.5 Å². The third-order valence-electron chi connectivity index (χ3n) is 2.61. The molecule has 0 unspecified atom stereocenters. The van der Waals surface area contributed by atoms with Gasteiger partial charge in [-0.1, -0.05) is 0 Å².